The third-order valence-corrected chi connectivity index (χ3v) is 2.29. The number of nitrogens with one attached hydrogen (secondary N) is 1. The van der Waals surface area contributed by atoms with Crippen molar-refractivity contribution in [1.82, 2.24) is 4.72 Å². The number of halogens is 6. The van der Waals surface area contributed by atoms with Gasteiger partial charge in [-0.2, -0.15) is 34.8 Å². The fourth-order valence-electron chi connectivity index (χ4n) is 0.514. The molecule has 11 heteroatoms. The summed E-state index contributed by atoms with van der Waals surface area (Å²) in [5, 5.41) is 0. The lowest BCUT2D eigenvalue weighted by Crippen LogP contribution is -2.40. The second-order valence-corrected chi connectivity index (χ2v) is 4.26. The molecule has 0 rings (SSSR count). The van der Waals surface area contributed by atoms with Crippen LogP contribution in [0.4, 0.5) is 26.3 Å². The molecule has 0 aliphatic heterocycles. The van der Waals surface area contributed by atoms with Crippen LogP contribution in [0.1, 0.15) is 12.8 Å². The van der Waals surface area contributed by atoms with Gasteiger partial charge in [-0.25, -0.2) is 4.72 Å². The highest BCUT2D eigenvalue weighted by Crippen LogP contribution is 2.23. The van der Waals surface area contributed by atoms with E-state index in [9.17, 15) is 39.6 Å². The molecule has 0 saturated carbocycles. The molecule has 0 aliphatic carbocycles. The van der Waals surface area contributed by atoms with Crippen LogP contribution in [0.3, 0.4) is 0 Å². The number of carbonyl (C=O) groups excluding carboxylic acids is 1. The van der Waals surface area contributed by atoms with E-state index in [1.165, 1.54) is 0 Å². The van der Waals surface area contributed by atoms with Gasteiger partial charge in [-0.1, -0.05) is 0 Å². The number of alkyl halides is 6. The number of carbonyl (C=O) groups is 1. The summed E-state index contributed by atoms with van der Waals surface area (Å²) in [5.74, 6) is -1.87. The first-order chi connectivity index (χ1) is 6.85. The van der Waals surface area contributed by atoms with Crippen LogP contribution in [0.15, 0.2) is 0 Å². The maximum atomic E-state index is 11.6. The number of rotatable bonds is 3. The maximum absolute atomic E-state index is 11.6. The van der Waals surface area contributed by atoms with Crippen molar-refractivity contribution in [3.05, 3.63) is 0 Å². The number of sulfonamides is 1. The molecule has 16 heavy (non-hydrogen) atoms. The average molecular weight is 273 g/mol. The first kappa shape index (κ1) is 15.0. The van der Waals surface area contributed by atoms with Crippen LogP contribution < -0.4 is 4.72 Å². The molecule has 4 nitrogen and oxygen atoms in total. The molecule has 1 amide bonds. The van der Waals surface area contributed by atoms with Gasteiger partial charge in [0.05, 0.1) is 6.42 Å². The summed E-state index contributed by atoms with van der Waals surface area (Å²) >= 11 is 0. The molecule has 0 aliphatic rings. The Bertz CT molecular complexity index is 355. The van der Waals surface area contributed by atoms with Gasteiger partial charge in [0, 0.05) is 6.42 Å². The van der Waals surface area contributed by atoms with E-state index in [0.717, 1.165) is 0 Å². The van der Waals surface area contributed by atoms with Gasteiger partial charge in [0.25, 0.3) is 0 Å². The molecule has 96 valence electrons. The monoisotopic (exact) mass is 273 g/mol. The van der Waals surface area contributed by atoms with Crippen molar-refractivity contribution in [1.29, 1.82) is 0 Å². The molecule has 0 bridgehead atoms. The molecule has 0 atom stereocenters. The van der Waals surface area contributed by atoms with Gasteiger partial charge in [-0.05, 0) is 0 Å². The second-order valence-electron chi connectivity index (χ2n) is 2.59. The van der Waals surface area contributed by atoms with Crippen molar-refractivity contribution in [2.75, 3.05) is 0 Å². The highest BCUT2D eigenvalue weighted by atomic mass is 32.2. The lowest BCUT2D eigenvalue weighted by atomic mass is 10.3. The fourth-order valence-corrected chi connectivity index (χ4v) is 1.03. The fraction of sp³-hybridized carbons (Fsp3) is 0.800. The molecular weight excluding hydrogens is 268 g/mol. The Balaban J connectivity index is 4.39. The standard InChI is InChI=1S/C5H5F6NO3S/c6-4(7,8)2-1-3(13)12-16(14,15)5(9,10)11/h1-2H2,(H,12,13). The maximum Gasteiger partial charge on any atom is 0.516 e. The second kappa shape index (κ2) is 4.47. The molecule has 0 saturated heterocycles. The van der Waals surface area contributed by atoms with Crippen molar-refractivity contribution >= 4 is 15.9 Å². The third kappa shape index (κ3) is 5.19. The quantitative estimate of drug-likeness (QED) is 0.788. The summed E-state index contributed by atoms with van der Waals surface area (Å²) in [7, 11) is -5.93. The molecule has 0 aromatic carbocycles. The van der Waals surface area contributed by atoms with Gasteiger partial charge in [0.2, 0.25) is 5.91 Å². The summed E-state index contributed by atoms with van der Waals surface area (Å²) in [6, 6.07) is 0. The van der Waals surface area contributed by atoms with Crippen LogP contribution in [-0.2, 0) is 14.8 Å². The minimum absolute atomic E-state index is 0.477. The van der Waals surface area contributed by atoms with Gasteiger partial charge in [-0.3, -0.25) is 4.79 Å². The summed E-state index contributed by atoms with van der Waals surface area (Å²) < 4.78 is 90.5. The molecule has 0 unspecified atom stereocenters. The number of amides is 1. The third-order valence-electron chi connectivity index (χ3n) is 1.19. The van der Waals surface area contributed by atoms with E-state index in [1.807, 2.05) is 0 Å². The van der Waals surface area contributed by atoms with E-state index in [1.54, 1.807) is 0 Å². The first-order valence-corrected chi connectivity index (χ1v) is 5.02. The van der Waals surface area contributed by atoms with Crippen LogP contribution in [0.25, 0.3) is 0 Å². The Morgan fingerprint density at radius 2 is 1.50 bits per heavy atom. The van der Waals surface area contributed by atoms with Crippen molar-refractivity contribution in [2.24, 2.45) is 0 Å². The largest absolute Gasteiger partial charge is 0.516 e. The summed E-state index contributed by atoms with van der Waals surface area (Å²) in [5.41, 5.74) is -5.74. The normalized spacial score (nSPS) is 13.6. The van der Waals surface area contributed by atoms with Gasteiger partial charge < -0.3 is 0 Å². The minimum atomic E-state index is -5.93. The van der Waals surface area contributed by atoms with Crippen LogP contribution in [-0.4, -0.2) is 26.0 Å². The van der Waals surface area contributed by atoms with E-state index in [2.05, 4.69) is 0 Å². The molecule has 0 fully saturated rings. The Kier molecular flexibility index (Phi) is 4.19. The Labute approximate surface area is 85.7 Å². The molecule has 0 radical (unpaired) electrons. The van der Waals surface area contributed by atoms with Crippen LogP contribution in [0.5, 0.6) is 0 Å². The summed E-state index contributed by atoms with van der Waals surface area (Å²) in [4.78, 5) is 10.5. The van der Waals surface area contributed by atoms with Gasteiger partial charge >= 0.3 is 21.7 Å². The molecule has 0 heterocycles. The van der Waals surface area contributed by atoms with Crippen LogP contribution >= 0.6 is 0 Å². The molecule has 0 aromatic heterocycles. The van der Waals surface area contributed by atoms with Gasteiger partial charge in [0.15, 0.2) is 0 Å². The molecule has 0 aromatic rings. The van der Waals surface area contributed by atoms with E-state index in [4.69, 9.17) is 0 Å². The van der Waals surface area contributed by atoms with E-state index >= 15 is 0 Å². The Hall–Kier alpha value is -1.00. The zero-order valence-electron chi connectivity index (χ0n) is 7.31. The van der Waals surface area contributed by atoms with Gasteiger partial charge in [0.1, 0.15) is 0 Å². The average Bonchev–Trinajstić information content (AvgIpc) is 1.96. The lowest BCUT2D eigenvalue weighted by molar-refractivity contribution is -0.143. The predicted octanol–water partition coefficient (Wildman–Crippen LogP) is 1.29. The smallest absolute Gasteiger partial charge is 0.274 e. The van der Waals surface area contributed by atoms with Crippen molar-refractivity contribution in [3.8, 4) is 0 Å². The van der Waals surface area contributed by atoms with E-state index < -0.39 is 40.5 Å². The Morgan fingerprint density at radius 1 is 1.06 bits per heavy atom. The van der Waals surface area contributed by atoms with Gasteiger partial charge in [-0.15, -0.1) is 0 Å². The van der Waals surface area contributed by atoms with Crippen LogP contribution in [0, 0.1) is 0 Å². The summed E-state index contributed by atoms with van der Waals surface area (Å²) in [6.07, 6.45) is -7.84. The SMILES string of the molecule is O=C(CCC(F)(F)F)NS(=O)(=O)C(F)(F)F. The Morgan fingerprint density at radius 3 is 1.81 bits per heavy atom. The zero-order chi connectivity index (χ0) is 13.2. The van der Waals surface area contributed by atoms with Crippen molar-refractivity contribution < 1.29 is 39.6 Å². The lowest BCUT2D eigenvalue weighted by Gasteiger charge is -2.10. The number of hydrogen-bond acceptors (Lipinski definition) is 3. The van der Waals surface area contributed by atoms with Crippen LogP contribution in [0.2, 0.25) is 0 Å². The highest BCUT2D eigenvalue weighted by molar-refractivity contribution is 7.90. The van der Waals surface area contributed by atoms with E-state index in [-0.39, 0.29) is 0 Å². The van der Waals surface area contributed by atoms with Crippen molar-refractivity contribution in [2.45, 2.75) is 24.5 Å². The molecular formula is C5H5F6NO3S. The zero-order valence-corrected chi connectivity index (χ0v) is 8.13. The summed E-state index contributed by atoms with van der Waals surface area (Å²) in [6.45, 7) is 0. The predicted molar refractivity (Wildman–Crippen MR) is 38.4 cm³/mol. The minimum Gasteiger partial charge on any atom is -0.274 e. The highest BCUT2D eigenvalue weighted by Gasteiger charge is 2.47. The number of hydrogen-bond donors (Lipinski definition) is 1. The topological polar surface area (TPSA) is 63.2 Å². The molecule has 1 N–H and O–H groups in total. The molecule has 0 spiro atoms. The van der Waals surface area contributed by atoms with Crippen molar-refractivity contribution in [3.63, 3.8) is 0 Å². The van der Waals surface area contributed by atoms with E-state index in [0.29, 0.717) is 4.72 Å². The first-order valence-electron chi connectivity index (χ1n) is 3.54.